The first-order valence-electron chi connectivity index (χ1n) is 9.11. The smallest absolute Gasteiger partial charge is 0.410 e. The minimum atomic E-state index is -0.977. The fraction of sp³-hybridized carbons (Fsp3) is 0.556. The number of aliphatic hydroxyl groups excluding tert-OH is 1. The van der Waals surface area contributed by atoms with E-state index in [1.54, 1.807) is 6.92 Å². The first-order valence-corrected chi connectivity index (χ1v) is 10.1. The number of amides is 2. The highest BCUT2D eigenvalue weighted by Gasteiger charge is 2.41. The van der Waals surface area contributed by atoms with Gasteiger partial charge in [-0.3, -0.25) is 14.9 Å². The second-order valence-electron chi connectivity index (χ2n) is 7.05. The second kappa shape index (κ2) is 10.2. The first kappa shape index (κ1) is 23.3. The van der Waals surface area contributed by atoms with E-state index in [0.717, 1.165) is 0 Å². The molecule has 0 spiro atoms. The predicted molar refractivity (Wildman–Crippen MR) is 113 cm³/mol. The lowest BCUT2D eigenvalue weighted by atomic mass is 9.98. The molecule has 1 aliphatic heterocycles. The van der Waals surface area contributed by atoms with E-state index >= 15 is 0 Å². The molecule has 2 N–H and O–H groups in total. The van der Waals surface area contributed by atoms with Gasteiger partial charge in [-0.15, -0.1) is 0 Å². The number of hydrogen-bond acceptors (Lipinski definition) is 8. The van der Waals surface area contributed by atoms with E-state index in [0.29, 0.717) is 18.5 Å². The summed E-state index contributed by atoms with van der Waals surface area (Å²) in [5.74, 6) is -0.914. The van der Waals surface area contributed by atoms with Crippen molar-refractivity contribution in [2.24, 2.45) is 5.92 Å². The maximum atomic E-state index is 12.6. The van der Waals surface area contributed by atoms with Gasteiger partial charge in [-0.05, 0) is 31.0 Å². The van der Waals surface area contributed by atoms with Crippen LogP contribution in [0.5, 0.6) is 0 Å². The molecule has 2 amide bonds. The Hall–Kier alpha value is -1.98. The van der Waals surface area contributed by atoms with Crippen LogP contribution in [-0.4, -0.2) is 56.2 Å². The number of carbonyl (C=O) groups excluding carboxylic acids is 2. The molecule has 11 heteroatoms. The summed E-state index contributed by atoms with van der Waals surface area (Å²) in [6, 6.07) is 5.38. The van der Waals surface area contributed by atoms with Gasteiger partial charge < -0.3 is 20.1 Å². The Morgan fingerprint density at radius 3 is 2.55 bits per heavy atom. The molecule has 0 bridgehead atoms. The van der Waals surface area contributed by atoms with Crippen molar-refractivity contribution in [1.29, 1.82) is 0 Å². The maximum Gasteiger partial charge on any atom is 0.410 e. The molecule has 29 heavy (non-hydrogen) atoms. The number of rotatable bonds is 7. The van der Waals surface area contributed by atoms with Gasteiger partial charge in [0.15, 0.2) is 0 Å². The lowest BCUT2D eigenvalue weighted by Gasteiger charge is -2.31. The highest BCUT2D eigenvalue weighted by molar-refractivity contribution is 7.81. The van der Waals surface area contributed by atoms with Crippen molar-refractivity contribution in [2.45, 2.75) is 49.6 Å². The normalized spacial score (nSPS) is 21.9. The van der Waals surface area contributed by atoms with Crippen LogP contribution in [0.3, 0.4) is 0 Å². The van der Waals surface area contributed by atoms with Crippen LogP contribution in [-0.2, 0) is 16.1 Å². The third-order valence-corrected chi connectivity index (χ3v) is 5.90. The molecule has 1 fully saturated rings. The monoisotopic (exact) mass is 443 g/mol. The predicted octanol–water partition coefficient (Wildman–Crippen LogP) is 1.99. The van der Waals surface area contributed by atoms with Crippen molar-refractivity contribution in [3.05, 3.63) is 39.9 Å². The van der Waals surface area contributed by atoms with Gasteiger partial charge in [0.05, 0.1) is 4.92 Å². The molecule has 9 nitrogen and oxygen atoms in total. The van der Waals surface area contributed by atoms with E-state index in [9.17, 15) is 24.8 Å². The van der Waals surface area contributed by atoms with Crippen LogP contribution in [0.15, 0.2) is 24.3 Å². The molecule has 1 aromatic carbocycles. The highest BCUT2D eigenvalue weighted by Crippen LogP contribution is 2.31. The van der Waals surface area contributed by atoms with Gasteiger partial charge in [-0.1, -0.05) is 6.92 Å². The van der Waals surface area contributed by atoms with E-state index < -0.39 is 28.4 Å². The zero-order valence-electron chi connectivity index (χ0n) is 16.1. The van der Waals surface area contributed by atoms with Crippen LogP contribution in [0, 0.1) is 16.0 Å². The quantitative estimate of drug-likeness (QED) is 0.221. The molecule has 1 saturated heterocycles. The SMILES string of the molecule is CC(O)NC(=O)C(C)C(S)C1CC(S)CN1C(=O)OCc1ccc([N+](=O)[O-])cc1. The topological polar surface area (TPSA) is 122 Å². The number of thiol groups is 2. The summed E-state index contributed by atoms with van der Waals surface area (Å²) in [4.78, 5) is 36.5. The number of likely N-dealkylation sites (tertiary alicyclic amines) is 1. The van der Waals surface area contributed by atoms with Gasteiger partial charge in [0, 0.05) is 41.1 Å². The minimum absolute atomic E-state index is 0.0351. The molecular weight excluding hydrogens is 418 g/mol. The summed E-state index contributed by atoms with van der Waals surface area (Å²) < 4.78 is 5.35. The van der Waals surface area contributed by atoms with Gasteiger partial charge in [0.2, 0.25) is 5.91 Å². The fourth-order valence-electron chi connectivity index (χ4n) is 3.14. The standard InChI is InChI=1S/C18H25N3O6S2/c1-10(17(23)19-11(2)22)16(29)15-7-14(28)8-20(15)18(24)27-9-12-3-5-13(6-4-12)21(25)26/h3-6,10-11,14-16,22,28-29H,7-9H2,1-2H3,(H,19,23). The number of nitro benzene ring substituents is 1. The average molecular weight is 444 g/mol. The van der Waals surface area contributed by atoms with Crippen molar-refractivity contribution >= 4 is 42.9 Å². The van der Waals surface area contributed by atoms with Crippen LogP contribution in [0.25, 0.3) is 0 Å². The largest absolute Gasteiger partial charge is 0.445 e. The lowest BCUT2D eigenvalue weighted by Crippen LogP contribution is -2.47. The minimum Gasteiger partial charge on any atom is -0.445 e. The van der Waals surface area contributed by atoms with Crippen LogP contribution < -0.4 is 5.32 Å². The Bertz CT molecular complexity index is 746. The van der Waals surface area contributed by atoms with Gasteiger partial charge in [0.1, 0.15) is 12.8 Å². The van der Waals surface area contributed by atoms with Crippen molar-refractivity contribution in [3.8, 4) is 0 Å². The summed E-state index contributed by atoms with van der Waals surface area (Å²) >= 11 is 9.01. The molecule has 2 rings (SSSR count). The molecule has 5 atom stereocenters. The maximum absolute atomic E-state index is 12.6. The number of benzene rings is 1. The zero-order chi connectivity index (χ0) is 21.7. The van der Waals surface area contributed by atoms with Crippen molar-refractivity contribution in [3.63, 3.8) is 0 Å². The number of carbonyl (C=O) groups is 2. The van der Waals surface area contributed by atoms with Gasteiger partial charge in [-0.25, -0.2) is 4.79 Å². The number of nitrogens with one attached hydrogen (secondary N) is 1. The Morgan fingerprint density at radius 2 is 2.00 bits per heavy atom. The number of ether oxygens (including phenoxy) is 1. The number of aliphatic hydroxyl groups is 1. The second-order valence-corrected chi connectivity index (χ2v) is 8.38. The van der Waals surface area contributed by atoms with E-state index in [4.69, 9.17) is 4.74 Å². The molecule has 1 aromatic rings. The molecule has 5 unspecified atom stereocenters. The van der Waals surface area contributed by atoms with Crippen LogP contribution >= 0.6 is 25.3 Å². The van der Waals surface area contributed by atoms with E-state index in [-0.39, 0.29) is 29.5 Å². The van der Waals surface area contributed by atoms with Crippen molar-refractivity contribution < 1.29 is 24.4 Å². The summed E-state index contributed by atoms with van der Waals surface area (Å²) in [6.45, 7) is 3.45. The van der Waals surface area contributed by atoms with Crippen molar-refractivity contribution in [1.82, 2.24) is 10.2 Å². The lowest BCUT2D eigenvalue weighted by molar-refractivity contribution is -0.384. The molecule has 1 aliphatic rings. The fourth-order valence-corrected chi connectivity index (χ4v) is 3.95. The molecule has 0 aromatic heterocycles. The first-order chi connectivity index (χ1) is 13.6. The van der Waals surface area contributed by atoms with Gasteiger partial charge in [-0.2, -0.15) is 25.3 Å². The van der Waals surface area contributed by atoms with Gasteiger partial charge >= 0.3 is 6.09 Å². The average Bonchev–Trinajstić information content (AvgIpc) is 3.06. The van der Waals surface area contributed by atoms with Crippen molar-refractivity contribution in [2.75, 3.05) is 6.54 Å². The third kappa shape index (κ3) is 6.25. The number of non-ortho nitro benzene ring substituents is 1. The Balaban J connectivity index is 2.00. The molecule has 1 heterocycles. The number of hydrogen-bond donors (Lipinski definition) is 4. The van der Waals surface area contributed by atoms with E-state index in [2.05, 4.69) is 30.6 Å². The zero-order valence-corrected chi connectivity index (χ0v) is 17.9. The summed E-state index contributed by atoms with van der Waals surface area (Å²) in [5, 5.41) is 21.9. The molecule has 0 saturated carbocycles. The third-order valence-electron chi connectivity index (χ3n) is 4.74. The summed E-state index contributed by atoms with van der Waals surface area (Å²) in [5.41, 5.74) is 0.578. The van der Waals surface area contributed by atoms with Crippen LogP contribution in [0.2, 0.25) is 0 Å². The summed E-state index contributed by atoms with van der Waals surface area (Å²) in [7, 11) is 0. The van der Waals surface area contributed by atoms with Crippen LogP contribution in [0.1, 0.15) is 25.8 Å². The molecule has 0 radical (unpaired) electrons. The Morgan fingerprint density at radius 1 is 1.38 bits per heavy atom. The molecular formula is C18H25N3O6S2. The Labute approximate surface area is 179 Å². The van der Waals surface area contributed by atoms with Gasteiger partial charge in [0.25, 0.3) is 5.69 Å². The molecule has 0 aliphatic carbocycles. The van der Waals surface area contributed by atoms with E-state index in [1.807, 2.05) is 0 Å². The molecule has 160 valence electrons. The summed E-state index contributed by atoms with van der Waals surface area (Å²) in [6.07, 6.45) is -0.988. The number of nitro groups is 1. The van der Waals surface area contributed by atoms with E-state index in [1.165, 1.54) is 36.1 Å². The highest BCUT2D eigenvalue weighted by atomic mass is 32.1. The number of nitrogens with zero attached hydrogens (tertiary/aromatic N) is 2. The van der Waals surface area contributed by atoms with Crippen LogP contribution in [0.4, 0.5) is 10.5 Å². The Kier molecular flexibility index (Phi) is 8.17.